The fraction of sp³-hybridized carbons (Fsp3) is 0.423. The number of aromatic nitrogens is 3. The molecule has 0 spiro atoms. The maximum Gasteiger partial charge on any atom is 0.227 e. The minimum Gasteiger partial charge on any atom is -0.494 e. The van der Waals surface area contributed by atoms with Gasteiger partial charge >= 0.3 is 0 Å². The Morgan fingerprint density at radius 3 is 2.72 bits per heavy atom. The Morgan fingerprint density at radius 2 is 2.00 bits per heavy atom. The fourth-order valence-corrected chi connectivity index (χ4v) is 4.15. The van der Waals surface area contributed by atoms with E-state index in [2.05, 4.69) is 30.9 Å². The summed E-state index contributed by atoms with van der Waals surface area (Å²) in [6, 6.07) is 6.73. The lowest BCUT2D eigenvalue weighted by molar-refractivity contribution is 0.112. The first kappa shape index (κ1) is 25.6. The Bertz CT molecular complexity index is 1240. The molecule has 2 aromatic heterocycles. The topological polar surface area (TPSA) is 113 Å². The summed E-state index contributed by atoms with van der Waals surface area (Å²) in [7, 11) is 3.17. The first-order valence-corrected chi connectivity index (χ1v) is 11.7. The van der Waals surface area contributed by atoms with Gasteiger partial charge in [-0.3, -0.25) is 0 Å². The van der Waals surface area contributed by atoms with Crippen LogP contribution in [0.15, 0.2) is 36.7 Å². The van der Waals surface area contributed by atoms with Crippen LogP contribution < -0.4 is 20.7 Å². The normalized spacial score (nSPS) is 16.9. The molecule has 10 heteroatoms. The van der Waals surface area contributed by atoms with Gasteiger partial charge in [-0.05, 0) is 12.1 Å². The molecule has 0 saturated heterocycles. The molecule has 0 saturated carbocycles. The van der Waals surface area contributed by atoms with Gasteiger partial charge in [0.2, 0.25) is 5.95 Å². The molecule has 1 atom stereocenters. The predicted octanol–water partition coefficient (Wildman–Crippen LogP) is 4.19. The SMILES string of the molecule is COCC(C)(C)CNc1cc(OC)c(Nc2nccc(-c3cnc4c(c3)C(C)(CO)CN4)n2)cc1F. The van der Waals surface area contributed by atoms with Crippen molar-refractivity contribution in [1.82, 2.24) is 15.0 Å². The summed E-state index contributed by atoms with van der Waals surface area (Å²) in [5.41, 5.74) is 2.53. The number of fused-ring (bicyclic) bond motifs is 1. The molecule has 0 fully saturated rings. The van der Waals surface area contributed by atoms with Gasteiger partial charge in [-0.2, -0.15) is 0 Å². The Hall–Kier alpha value is -3.50. The molecule has 0 aliphatic carbocycles. The first-order chi connectivity index (χ1) is 17.2. The second-order valence-electron chi connectivity index (χ2n) is 10.1. The molecular weight excluding hydrogens is 463 g/mol. The summed E-state index contributed by atoms with van der Waals surface area (Å²) >= 11 is 0. The molecule has 1 aromatic carbocycles. The van der Waals surface area contributed by atoms with Crippen LogP contribution in [0, 0.1) is 11.2 Å². The van der Waals surface area contributed by atoms with Gasteiger partial charge in [0.25, 0.3) is 0 Å². The van der Waals surface area contributed by atoms with E-state index in [1.54, 1.807) is 31.6 Å². The van der Waals surface area contributed by atoms with Crippen LogP contribution in [0.1, 0.15) is 26.3 Å². The molecule has 0 amide bonds. The van der Waals surface area contributed by atoms with Crippen molar-refractivity contribution in [3.8, 4) is 17.0 Å². The number of hydrogen-bond acceptors (Lipinski definition) is 9. The van der Waals surface area contributed by atoms with Crippen LogP contribution in [-0.4, -0.2) is 60.6 Å². The highest BCUT2D eigenvalue weighted by Crippen LogP contribution is 2.37. The molecule has 192 valence electrons. The van der Waals surface area contributed by atoms with E-state index < -0.39 is 11.2 Å². The van der Waals surface area contributed by atoms with E-state index in [1.807, 2.05) is 26.8 Å². The van der Waals surface area contributed by atoms with Crippen molar-refractivity contribution in [3.63, 3.8) is 0 Å². The lowest BCUT2D eigenvalue weighted by atomic mass is 9.85. The van der Waals surface area contributed by atoms with Crippen molar-refractivity contribution in [2.24, 2.45) is 5.41 Å². The zero-order valence-corrected chi connectivity index (χ0v) is 21.3. The third-order valence-electron chi connectivity index (χ3n) is 6.31. The van der Waals surface area contributed by atoms with Gasteiger partial charge in [0.15, 0.2) is 0 Å². The molecular formula is C26H33FN6O3. The number of ether oxygens (including phenoxy) is 2. The molecule has 1 aliphatic heterocycles. The Balaban J connectivity index is 1.57. The molecule has 1 aliphatic rings. The average molecular weight is 497 g/mol. The Labute approximate surface area is 210 Å². The molecule has 0 radical (unpaired) electrons. The Morgan fingerprint density at radius 1 is 1.19 bits per heavy atom. The van der Waals surface area contributed by atoms with E-state index in [4.69, 9.17) is 9.47 Å². The number of nitrogens with one attached hydrogen (secondary N) is 3. The maximum absolute atomic E-state index is 14.9. The zero-order valence-electron chi connectivity index (χ0n) is 21.3. The van der Waals surface area contributed by atoms with Crippen LogP contribution in [-0.2, 0) is 10.2 Å². The minimum atomic E-state index is -0.429. The molecule has 4 rings (SSSR count). The number of anilines is 4. The van der Waals surface area contributed by atoms with Gasteiger partial charge in [0.05, 0.1) is 37.4 Å². The molecule has 36 heavy (non-hydrogen) atoms. The quantitative estimate of drug-likeness (QED) is 0.328. The highest BCUT2D eigenvalue weighted by atomic mass is 19.1. The summed E-state index contributed by atoms with van der Waals surface area (Å²) in [6.45, 7) is 7.76. The third-order valence-corrected chi connectivity index (χ3v) is 6.31. The molecule has 4 N–H and O–H groups in total. The summed E-state index contributed by atoms with van der Waals surface area (Å²) in [5, 5.41) is 19.3. The number of nitrogens with zero attached hydrogens (tertiary/aromatic N) is 3. The lowest BCUT2D eigenvalue weighted by Crippen LogP contribution is -2.28. The molecule has 1 unspecified atom stereocenters. The van der Waals surface area contributed by atoms with E-state index in [-0.39, 0.29) is 18.0 Å². The van der Waals surface area contributed by atoms with Gasteiger partial charge in [0.1, 0.15) is 17.4 Å². The second-order valence-corrected chi connectivity index (χ2v) is 10.1. The number of pyridine rings is 1. The third kappa shape index (κ3) is 5.34. The maximum atomic E-state index is 14.9. The summed E-state index contributed by atoms with van der Waals surface area (Å²) in [6.07, 6.45) is 3.35. The minimum absolute atomic E-state index is 0.00873. The number of hydrogen-bond donors (Lipinski definition) is 4. The summed E-state index contributed by atoms with van der Waals surface area (Å²) in [4.78, 5) is 13.4. The van der Waals surface area contributed by atoms with E-state index >= 15 is 0 Å². The van der Waals surface area contributed by atoms with Crippen LogP contribution >= 0.6 is 0 Å². The number of rotatable bonds is 10. The van der Waals surface area contributed by atoms with Gasteiger partial charge in [-0.15, -0.1) is 0 Å². The lowest BCUT2D eigenvalue weighted by Gasteiger charge is -2.25. The van der Waals surface area contributed by atoms with Crippen molar-refractivity contribution in [2.75, 3.05) is 56.5 Å². The molecule has 3 aromatic rings. The van der Waals surface area contributed by atoms with Crippen LogP contribution in [0.25, 0.3) is 11.3 Å². The molecule has 3 heterocycles. The van der Waals surface area contributed by atoms with Gasteiger partial charge in [0, 0.05) is 66.7 Å². The summed E-state index contributed by atoms with van der Waals surface area (Å²) < 4.78 is 25.7. The molecule has 9 nitrogen and oxygen atoms in total. The van der Waals surface area contributed by atoms with Crippen molar-refractivity contribution < 1.29 is 19.0 Å². The van der Waals surface area contributed by atoms with Crippen molar-refractivity contribution >= 4 is 23.1 Å². The van der Waals surface area contributed by atoms with Crippen LogP contribution in [0.3, 0.4) is 0 Å². The number of methoxy groups -OCH3 is 2. The van der Waals surface area contributed by atoms with E-state index in [9.17, 15) is 9.50 Å². The van der Waals surface area contributed by atoms with Crippen LogP contribution in [0.2, 0.25) is 0 Å². The largest absolute Gasteiger partial charge is 0.494 e. The van der Waals surface area contributed by atoms with Crippen molar-refractivity contribution in [3.05, 3.63) is 48.0 Å². The second kappa shape index (κ2) is 10.2. The first-order valence-electron chi connectivity index (χ1n) is 11.7. The molecule has 0 bridgehead atoms. The van der Waals surface area contributed by atoms with E-state index in [0.29, 0.717) is 42.5 Å². The van der Waals surface area contributed by atoms with Crippen molar-refractivity contribution in [1.29, 1.82) is 0 Å². The number of benzene rings is 1. The van der Waals surface area contributed by atoms with E-state index in [0.717, 1.165) is 16.9 Å². The Kier molecular flexibility index (Phi) is 7.28. The fourth-order valence-electron chi connectivity index (χ4n) is 4.15. The monoisotopic (exact) mass is 496 g/mol. The highest BCUT2D eigenvalue weighted by molar-refractivity contribution is 5.70. The number of aliphatic hydroxyl groups excluding tert-OH is 1. The highest BCUT2D eigenvalue weighted by Gasteiger charge is 2.35. The number of aliphatic hydroxyl groups is 1. The summed E-state index contributed by atoms with van der Waals surface area (Å²) in [5.74, 6) is 1.07. The zero-order chi connectivity index (χ0) is 25.9. The van der Waals surface area contributed by atoms with Crippen LogP contribution in [0.4, 0.5) is 27.5 Å². The standard InChI is InChI=1S/C26H33FN6O3/c1-25(2,15-35-4)12-30-20-10-22(36-5)21(9-18(20)27)33-24-28-7-6-19(32-24)16-8-17-23(29-11-16)31-13-26(17,3)14-34/h6-11,30,34H,12-15H2,1-5H3,(H,29,31)(H,28,32,33). The van der Waals surface area contributed by atoms with Crippen LogP contribution in [0.5, 0.6) is 5.75 Å². The average Bonchev–Trinajstić information content (AvgIpc) is 3.20. The van der Waals surface area contributed by atoms with E-state index in [1.165, 1.54) is 13.2 Å². The van der Waals surface area contributed by atoms with Crippen molar-refractivity contribution in [2.45, 2.75) is 26.2 Å². The van der Waals surface area contributed by atoms with Gasteiger partial charge < -0.3 is 30.5 Å². The number of halogens is 1. The predicted molar refractivity (Wildman–Crippen MR) is 139 cm³/mol. The van der Waals surface area contributed by atoms with Gasteiger partial charge in [-0.1, -0.05) is 20.8 Å². The smallest absolute Gasteiger partial charge is 0.227 e. The van der Waals surface area contributed by atoms with Gasteiger partial charge in [-0.25, -0.2) is 19.3 Å².